The van der Waals surface area contributed by atoms with E-state index in [-0.39, 0.29) is 18.3 Å². The molecule has 4 rings (SSSR count). The maximum Gasteiger partial charge on any atom is 0.227 e. The van der Waals surface area contributed by atoms with Gasteiger partial charge >= 0.3 is 0 Å². The molecule has 1 saturated heterocycles. The van der Waals surface area contributed by atoms with E-state index in [1.165, 1.54) is 54.5 Å². The number of rotatable bonds is 11. The van der Waals surface area contributed by atoms with Crippen LogP contribution < -0.4 is 5.32 Å². The van der Waals surface area contributed by atoms with Crippen LogP contribution in [0.2, 0.25) is 0 Å². The summed E-state index contributed by atoms with van der Waals surface area (Å²) in [4.78, 5) is 14.9. The first kappa shape index (κ1) is 27.9. The number of unbranched alkanes of at least 4 members (excludes halogenated alkanes) is 1. The number of halogens is 1. The van der Waals surface area contributed by atoms with Gasteiger partial charge in [0.15, 0.2) is 0 Å². The molecule has 2 aromatic carbocycles. The van der Waals surface area contributed by atoms with Crippen molar-refractivity contribution in [2.24, 2.45) is 11.8 Å². The Morgan fingerprint density at radius 3 is 2.49 bits per heavy atom. The molecule has 2 fully saturated rings. The number of piperidine rings is 1. The van der Waals surface area contributed by atoms with Crippen molar-refractivity contribution in [3.8, 4) is 0 Å². The number of hydrogen-bond donors (Lipinski definition) is 2. The molecule has 1 aliphatic carbocycles. The third-order valence-corrected chi connectivity index (χ3v) is 7.84. The summed E-state index contributed by atoms with van der Waals surface area (Å²) in [5, 5.41) is 17.9. The highest BCUT2D eigenvalue weighted by Gasteiger charge is 2.24. The molecular weight excluding hydrogens is 458 g/mol. The van der Waals surface area contributed by atoms with Crippen molar-refractivity contribution in [3.63, 3.8) is 0 Å². The van der Waals surface area contributed by atoms with Crippen LogP contribution in [0, 0.1) is 11.8 Å². The van der Waals surface area contributed by atoms with Crippen LogP contribution in [0.15, 0.2) is 42.5 Å². The predicted octanol–water partition coefficient (Wildman–Crippen LogP) is 5.68. The lowest BCUT2D eigenvalue weighted by Gasteiger charge is -2.33. The summed E-state index contributed by atoms with van der Waals surface area (Å²) in [7, 11) is 0. The summed E-state index contributed by atoms with van der Waals surface area (Å²) in [6, 6.07) is 14.5. The Balaban J connectivity index is 0.00000342. The number of benzene rings is 2. The van der Waals surface area contributed by atoms with E-state index in [0.29, 0.717) is 12.3 Å². The van der Waals surface area contributed by atoms with Gasteiger partial charge in [0.05, 0.1) is 6.42 Å². The molecule has 1 saturated carbocycles. The van der Waals surface area contributed by atoms with Crippen LogP contribution in [0.25, 0.3) is 10.8 Å². The minimum atomic E-state index is 0. The maximum atomic E-state index is 12.9. The first-order valence-electron chi connectivity index (χ1n) is 13.6. The first-order chi connectivity index (χ1) is 16.7. The zero-order valence-electron chi connectivity index (χ0n) is 21.2. The topological polar surface area (TPSA) is 55.8 Å². The lowest BCUT2D eigenvalue weighted by atomic mass is 9.89. The molecule has 6 heteroatoms. The van der Waals surface area contributed by atoms with Crippen LogP contribution >= 0.6 is 12.4 Å². The number of amides is 1. The van der Waals surface area contributed by atoms with E-state index in [9.17, 15) is 10.0 Å². The molecule has 0 aromatic heterocycles. The highest BCUT2D eigenvalue weighted by Crippen LogP contribution is 2.23. The SMILES string of the molecule is Cl.O=C(Cc1cccc2ccccc12)N1CCC(CN(O)CCCCNCC2CCCCC2)CC1. The van der Waals surface area contributed by atoms with Crippen LogP contribution in [0.4, 0.5) is 0 Å². The van der Waals surface area contributed by atoms with E-state index in [1.54, 1.807) is 0 Å². The van der Waals surface area contributed by atoms with Gasteiger partial charge in [-0.05, 0) is 79.8 Å². The molecule has 2 aromatic rings. The Bertz CT molecular complexity index is 889. The van der Waals surface area contributed by atoms with Crippen molar-refractivity contribution in [3.05, 3.63) is 48.0 Å². The molecule has 0 atom stereocenters. The van der Waals surface area contributed by atoms with Crippen LogP contribution in [-0.4, -0.2) is 60.3 Å². The Kier molecular flexibility index (Phi) is 11.8. The van der Waals surface area contributed by atoms with E-state index in [1.807, 2.05) is 23.1 Å². The number of hydroxylamine groups is 2. The Morgan fingerprint density at radius 1 is 0.943 bits per heavy atom. The molecule has 35 heavy (non-hydrogen) atoms. The second-order valence-corrected chi connectivity index (χ2v) is 10.5. The normalized spacial score (nSPS) is 17.6. The second-order valence-electron chi connectivity index (χ2n) is 10.5. The predicted molar refractivity (Wildman–Crippen MR) is 146 cm³/mol. The Hall–Kier alpha value is -1.66. The maximum absolute atomic E-state index is 12.9. The zero-order valence-corrected chi connectivity index (χ0v) is 22.0. The fraction of sp³-hybridized carbons (Fsp3) is 0.621. The van der Waals surface area contributed by atoms with Gasteiger partial charge < -0.3 is 15.4 Å². The van der Waals surface area contributed by atoms with E-state index < -0.39 is 0 Å². The van der Waals surface area contributed by atoms with Crippen molar-refractivity contribution in [1.29, 1.82) is 0 Å². The number of nitrogens with zero attached hydrogens (tertiary/aromatic N) is 2. The summed E-state index contributed by atoms with van der Waals surface area (Å²) in [6.07, 6.45) is 11.6. The summed E-state index contributed by atoms with van der Waals surface area (Å²) in [5.41, 5.74) is 1.11. The van der Waals surface area contributed by atoms with Gasteiger partial charge in [-0.15, -0.1) is 12.4 Å². The first-order valence-corrected chi connectivity index (χ1v) is 13.6. The van der Waals surface area contributed by atoms with Crippen LogP contribution in [0.3, 0.4) is 0 Å². The number of hydrogen-bond acceptors (Lipinski definition) is 4. The summed E-state index contributed by atoms with van der Waals surface area (Å²) in [5.74, 6) is 1.57. The van der Waals surface area contributed by atoms with Gasteiger partial charge in [-0.25, -0.2) is 0 Å². The van der Waals surface area contributed by atoms with Gasteiger partial charge in [0.25, 0.3) is 0 Å². The minimum Gasteiger partial charge on any atom is -0.342 e. The van der Waals surface area contributed by atoms with Gasteiger partial charge in [0.2, 0.25) is 5.91 Å². The van der Waals surface area contributed by atoms with Gasteiger partial charge in [0.1, 0.15) is 0 Å². The van der Waals surface area contributed by atoms with Gasteiger partial charge in [0, 0.05) is 26.2 Å². The number of nitrogens with one attached hydrogen (secondary N) is 1. The van der Waals surface area contributed by atoms with Crippen molar-refractivity contribution >= 4 is 29.1 Å². The van der Waals surface area contributed by atoms with Gasteiger partial charge in [-0.2, -0.15) is 5.06 Å². The number of likely N-dealkylation sites (tertiary alicyclic amines) is 1. The van der Waals surface area contributed by atoms with Gasteiger partial charge in [-0.1, -0.05) is 61.7 Å². The Morgan fingerprint density at radius 2 is 1.69 bits per heavy atom. The molecule has 0 bridgehead atoms. The highest BCUT2D eigenvalue weighted by molar-refractivity contribution is 5.90. The number of carbonyl (C=O) groups excluding carboxylic acids is 1. The molecule has 5 nitrogen and oxygen atoms in total. The largest absolute Gasteiger partial charge is 0.342 e. The molecule has 0 unspecified atom stereocenters. The lowest BCUT2D eigenvalue weighted by molar-refractivity contribution is -0.133. The minimum absolute atomic E-state index is 0. The van der Waals surface area contributed by atoms with E-state index in [2.05, 4.69) is 29.6 Å². The Labute approximate surface area is 217 Å². The van der Waals surface area contributed by atoms with Crippen LogP contribution in [0.5, 0.6) is 0 Å². The molecule has 194 valence electrons. The molecule has 2 aliphatic rings. The molecule has 0 spiro atoms. The highest BCUT2D eigenvalue weighted by atomic mass is 35.5. The zero-order chi connectivity index (χ0) is 23.6. The van der Waals surface area contributed by atoms with Crippen molar-refractivity contribution in [2.45, 2.75) is 64.2 Å². The van der Waals surface area contributed by atoms with E-state index in [4.69, 9.17) is 0 Å². The third kappa shape index (κ3) is 8.75. The smallest absolute Gasteiger partial charge is 0.227 e. The van der Waals surface area contributed by atoms with E-state index in [0.717, 1.165) is 69.9 Å². The molecule has 1 heterocycles. The van der Waals surface area contributed by atoms with Crippen molar-refractivity contribution in [2.75, 3.05) is 39.3 Å². The summed E-state index contributed by atoms with van der Waals surface area (Å²) in [6.45, 7) is 5.29. The average molecular weight is 502 g/mol. The van der Waals surface area contributed by atoms with Crippen molar-refractivity contribution < 1.29 is 10.0 Å². The standard InChI is InChI=1S/C29H43N3O2.ClH/c33-29(21-27-13-8-12-26-11-4-5-14-28(26)27)31-19-15-25(16-20-31)23-32(34)18-7-6-17-30-22-24-9-2-1-3-10-24;/h4-5,8,11-14,24-25,30,34H,1-3,6-7,9-10,15-23H2;1H. The summed E-state index contributed by atoms with van der Waals surface area (Å²) >= 11 is 0. The van der Waals surface area contributed by atoms with E-state index >= 15 is 0 Å². The summed E-state index contributed by atoms with van der Waals surface area (Å²) < 4.78 is 0. The lowest BCUT2D eigenvalue weighted by Crippen LogP contribution is -2.42. The quantitative estimate of drug-likeness (QED) is 0.307. The fourth-order valence-corrected chi connectivity index (χ4v) is 5.72. The molecule has 0 radical (unpaired) electrons. The van der Waals surface area contributed by atoms with Crippen molar-refractivity contribution in [1.82, 2.24) is 15.3 Å². The molecular formula is C29H44ClN3O2. The second kappa shape index (κ2) is 14.8. The molecule has 1 amide bonds. The van der Waals surface area contributed by atoms with Crippen LogP contribution in [-0.2, 0) is 11.2 Å². The molecule has 2 N–H and O–H groups in total. The van der Waals surface area contributed by atoms with Gasteiger partial charge in [-0.3, -0.25) is 4.79 Å². The monoisotopic (exact) mass is 501 g/mol. The number of fused-ring (bicyclic) bond motifs is 1. The average Bonchev–Trinajstić information content (AvgIpc) is 2.87. The third-order valence-electron chi connectivity index (χ3n) is 7.84. The molecule has 1 aliphatic heterocycles. The number of carbonyl (C=O) groups is 1. The fourth-order valence-electron chi connectivity index (χ4n) is 5.72. The van der Waals surface area contributed by atoms with Crippen LogP contribution in [0.1, 0.15) is 63.4 Å².